The number of anilines is 1. The van der Waals surface area contributed by atoms with Gasteiger partial charge in [-0.05, 0) is 43.0 Å². The van der Waals surface area contributed by atoms with Crippen molar-refractivity contribution in [3.63, 3.8) is 0 Å². The summed E-state index contributed by atoms with van der Waals surface area (Å²) in [5.41, 5.74) is 10.4. The molecule has 3 rings (SSSR count). The zero-order valence-electron chi connectivity index (χ0n) is 13.7. The second-order valence-corrected chi connectivity index (χ2v) is 6.37. The van der Waals surface area contributed by atoms with Crippen LogP contribution < -0.4 is 11.1 Å². The van der Waals surface area contributed by atoms with Gasteiger partial charge in [0.15, 0.2) is 0 Å². The van der Waals surface area contributed by atoms with E-state index in [1.165, 1.54) is 9.90 Å². The standard InChI is InChI=1S/C18H20N4OS/c1-3-20-18(23)22-11-13-6-9-15(24-2)10-16(13)17(21-22)12-4-7-14(19)8-5-12/h4-10H,3,11,19H2,1-2H3,(H,20,23). The van der Waals surface area contributed by atoms with Gasteiger partial charge in [0.05, 0.1) is 12.3 Å². The highest BCUT2D eigenvalue weighted by Gasteiger charge is 2.24. The SMILES string of the molecule is CCNC(=O)N1Cc2ccc(SC)cc2C(c2ccc(N)cc2)=N1. The molecular formula is C18H20N4OS. The van der Waals surface area contributed by atoms with Crippen LogP contribution in [0.1, 0.15) is 23.6 Å². The summed E-state index contributed by atoms with van der Waals surface area (Å²) in [7, 11) is 0. The molecule has 2 aromatic rings. The molecule has 0 bridgehead atoms. The van der Waals surface area contributed by atoms with Crippen molar-refractivity contribution in [3.8, 4) is 0 Å². The van der Waals surface area contributed by atoms with E-state index >= 15 is 0 Å². The van der Waals surface area contributed by atoms with E-state index in [9.17, 15) is 4.79 Å². The Kier molecular flexibility index (Phi) is 4.76. The third kappa shape index (κ3) is 3.23. The first-order valence-electron chi connectivity index (χ1n) is 7.79. The maximum absolute atomic E-state index is 12.2. The number of amides is 2. The van der Waals surface area contributed by atoms with Gasteiger partial charge in [0.2, 0.25) is 0 Å². The monoisotopic (exact) mass is 340 g/mol. The van der Waals surface area contributed by atoms with Gasteiger partial charge < -0.3 is 11.1 Å². The average molecular weight is 340 g/mol. The number of carbonyl (C=O) groups is 1. The number of nitrogens with one attached hydrogen (secondary N) is 1. The van der Waals surface area contributed by atoms with Crippen molar-refractivity contribution >= 4 is 29.2 Å². The lowest BCUT2D eigenvalue weighted by atomic mass is 9.96. The summed E-state index contributed by atoms with van der Waals surface area (Å²) >= 11 is 1.69. The molecule has 0 fully saturated rings. The van der Waals surface area contributed by atoms with Crippen LogP contribution in [0.5, 0.6) is 0 Å². The Morgan fingerprint density at radius 1 is 1.29 bits per heavy atom. The molecule has 1 heterocycles. The van der Waals surface area contributed by atoms with Crippen LogP contribution >= 0.6 is 11.8 Å². The first-order valence-corrected chi connectivity index (χ1v) is 9.02. The Morgan fingerprint density at radius 2 is 2.04 bits per heavy atom. The van der Waals surface area contributed by atoms with E-state index in [4.69, 9.17) is 5.73 Å². The van der Waals surface area contributed by atoms with Crippen molar-refractivity contribution in [2.45, 2.75) is 18.4 Å². The molecule has 5 nitrogen and oxygen atoms in total. The summed E-state index contributed by atoms with van der Waals surface area (Å²) in [4.78, 5) is 13.4. The first-order chi connectivity index (χ1) is 11.6. The fourth-order valence-electron chi connectivity index (χ4n) is 2.63. The van der Waals surface area contributed by atoms with Gasteiger partial charge >= 0.3 is 6.03 Å². The third-order valence-corrected chi connectivity index (χ3v) is 4.58. The Bertz CT molecular complexity index is 786. The zero-order chi connectivity index (χ0) is 17.1. The minimum atomic E-state index is -0.190. The highest BCUT2D eigenvalue weighted by molar-refractivity contribution is 7.98. The highest BCUT2D eigenvalue weighted by atomic mass is 32.2. The number of hydrogen-bond donors (Lipinski definition) is 2. The lowest BCUT2D eigenvalue weighted by Gasteiger charge is -2.26. The lowest BCUT2D eigenvalue weighted by molar-refractivity contribution is 0.197. The number of rotatable bonds is 3. The van der Waals surface area contributed by atoms with Crippen molar-refractivity contribution in [1.29, 1.82) is 0 Å². The van der Waals surface area contributed by atoms with E-state index in [-0.39, 0.29) is 6.03 Å². The third-order valence-electron chi connectivity index (χ3n) is 3.86. The number of hydrazone groups is 1. The van der Waals surface area contributed by atoms with Crippen molar-refractivity contribution in [2.75, 3.05) is 18.5 Å². The summed E-state index contributed by atoms with van der Waals surface area (Å²) in [6.07, 6.45) is 2.05. The predicted octanol–water partition coefficient (Wildman–Crippen LogP) is 3.29. The predicted molar refractivity (Wildman–Crippen MR) is 99.3 cm³/mol. The van der Waals surface area contributed by atoms with Crippen molar-refractivity contribution in [3.05, 3.63) is 59.2 Å². The van der Waals surface area contributed by atoms with Crippen molar-refractivity contribution in [1.82, 2.24) is 10.3 Å². The van der Waals surface area contributed by atoms with Crippen LogP contribution in [0, 0.1) is 0 Å². The van der Waals surface area contributed by atoms with Gasteiger partial charge in [-0.15, -0.1) is 11.8 Å². The number of nitrogens with two attached hydrogens (primary N) is 1. The van der Waals surface area contributed by atoms with Crippen molar-refractivity contribution < 1.29 is 4.79 Å². The minimum absolute atomic E-state index is 0.190. The molecular weight excluding hydrogens is 320 g/mol. The average Bonchev–Trinajstić information content (AvgIpc) is 2.61. The zero-order valence-corrected chi connectivity index (χ0v) is 14.6. The molecule has 0 saturated heterocycles. The molecule has 0 atom stereocenters. The molecule has 1 aliphatic rings. The van der Waals surface area contributed by atoms with Gasteiger partial charge in [-0.25, -0.2) is 9.80 Å². The molecule has 6 heteroatoms. The Hall–Kier alpha value is -2.47. The largest absolute Gasteiger partial charge is 0.399 e. The molecule has 0 aliphatic carbocycles. The molecule has 0 saturated carbocycles. The van der Waals surface area contributed by atoms with E-state index in [2.05, 4.69) is 28.6 Å². The van der Waals surface area contributed by atoms with Gasteiger partial charge in [-0.1, -0.05) is 18.2 Å². The minimum Gasteiger partial charge on any atom is -0.399 e. The second kappa shape index (κ2) is 6.97. The first kappa shape index (κ1) is 16.4. The van der Waals surface area contributed by atoms with E-state index < -0.39 is 0 Å². The van der Waals surface area contributed by atoms with Crippen LogP contribution in [-0.2, 0) is 6.54 Å². The number of thioether (sulfide) groups is 1. The highest BCUT2D eigenvalue weighted by Crippen LogP contribution is 2.27. The van der Waals surface area contributed by atoms with Crippen LogP contribution in [0.25, 0.3) is 0 Å². The molecule has 124 valence electrons. The molecule has 0 unspecified atom stereocenters. The van der Waals surface area contributed by atoms with Gasteiger partial charge in [0.25, 0.3) is 0 Å². The molecule has 0 aromatic heterocycles. The Morgan fingerprint density at radius 3 is 2.71 bits per heavy atom. The van der Waals surface area contributed by atoms with E-state index in [1.807, 2.05) is 37.4 Å². The van der Waals surface area contributed by atoms with Gasteiger partial charge in [0.1, 0.15) is 0 Å². The quantitative estimate of drug-likeness (QED) is 0.665. The normalized spacial score (nSPS) is 13.2. The van der Waals surface area contributed by atoms with Crippen molar-refractivity contribution in [2.24, 2.45) is 5.10 Å². The fourth-order valence-corrected chi connectivity index (χ4v) is 3.07. The molecule has 3 N–H and O–H groups in total. The summed E-state index contributed by atoms with van der Waals surface area (Å²) in [6, 6.07) is 13.7. The second-order valence-electron chi connectivity index (χ2n) is 5.49. The summed E-state index contributed by atoms with van der Waals surface area (Å²) in [5.74, 6) is 0. The van der Waals surface area contributed by atoms with Gasteiger partial charge in [-0.2, -0.15) is 5.10 Å². The van der Waals surface area contributed by atoms with Crippen LogP contribution in [0.15, 0.2) is 52.5 Å². The number of hydrogen-bond acceptors (Lipinski definition) is 4. The number of carbonyl (C=O) groups excluding carboxylic acids is 1. The van der Waals surface area contributed by atoms with Crippen LogP contribution in [0.2, 0.25) is 0 Å². The van der Waals surface area contributed by atoms with Crippen LogP contribution in [0.3, 0.4) is 0 Å². The van der Waals surface area contributed by atoms with E-state index in [0.717, 1.165) is 22.4 Å². The number of urea groups is 1. The molecule has 2 amide bonds. The number of nitrogen functional groups attached to an aromatic ring is 1. The summed E-state index contributed by atoms with van der Waals surface area (Å²) in [5, 5.41) is 8.89. The summed E-state index contributed by atoms with van der Waals surface area (Å²) in [6.45, 7) is 2.93. The molecule has 24 heavy (non-hydrogen) atoms. The maximum Gasteiger partial charge on any atom is 0.338 e. The van der Waals surface area contributed by atoms with E-state index in [0.29, 0.717) is 18.8 Å². The maximum atomic E-state index is 12.2. The number of fused-ring (bicyclic) bond motifs is 1. The molecule has 1 aliphatic heterocycles. The molecule has 0 spiro atoms. The summed E-state index contributed by atoms with van der Waals surface area (Å²) < 4.78 is 0. The number of benzene rings is 2. The topological polar surface area (TPSA) is 70.7 Å². The fraction of sp³-hybridized carbons (Fsp3) is 0.222. The smallest absolute Gasteiger partial charge is 0.338 e. The van der Waals surface area contributed by atoms with Crippen LogP contribution in [0.4, 0.5) is 10.5 Å². The molecule has 2 aromatic carbocycles. The molecule has 0 radical (unpaired) electrons. The Balaban J connectivity index is 2.09. The van der Waals surface area contributed by atoms with Gasteiger partial charge in [-0.3, -0.25) is 0 Å². The lowest BCUT2D eigenvalue weighted by Crippen LogP contribution is -2.39. The Labute approximate surface area is 145 Å². The van der Waals surface area contributed by atoms with Gasteiger partial charge in [0, 0.05) is 28.3 Å². The van der Waals surface area contributed by atoms with E-state index in [1.54, 1.807) is 11.8 Å². The van der Waals surface area contributed by atoms with Crippen LogP contribution in [-0.4, -0.2) is 29.6 Å². The number of nitrogens with zero attached hydrogens (tertiary/aromatic N) is 2.